The van der Waals surface area contributed by atoms with Crippen LogP contribution in [0.2, 0.25) is 0 Å². The quantitative estimate of drug-likeness (QED) is 0.550. The van der Waals surface area contributed by atoms with Gasteiger partial charge in [0.15, 0.2) is 0 Å². The Hall–Kier alpha value is -1.12. The van der Waals surface area contributed by atoms with E-state index in [2.05, 4.69) is 44.7 Å². The third-order valence-electron chi connectivity index (χ3n) is 8.58. The molecule has 160 valence electrons. The van der Waals surface area contributed by atoms with Crippen molar-refractivity contribution in [3.05, 3.63) is 47.6 Å². The minimum absolute atomic E-state index is 0.198. The summed E-state index contributed by atoms with van der Waals surface area (Å²) in [6.07, 6.45) is 20.0. The minimum Gasteiger partial charge on any atom is -0.393 e. The molecule has 29 heavy (non-hydrogen) atoms. The van der Waals surface area contributed by atoms with Gasteiger partial charge < -0.3 is 10.2 Å². The number of aliphatic hydroxyl groups excluding tert-OH is 2. The number of rotatable bonds is 5. The summed E-state index contributed by atoms with van der Waals surface area (Å²) in [6.45, 7) is 9.11. The van der Waals surface area contributed by atoms with Gasteiger partial charge in [-0.15, -0.1) is 0 Å². The number of aliphatic hydroxyl groups is 2. The Morgan fingerprint density at radius 3 is 2.62 bits per heavy atom. The zero-order valence-corrected chi connectivity index (χ0v) is 18.4. The van der Waals surface area contributed by atoms with Crippen molar-refractivity contribution in [2.45, 2.75) is 90.3 Å². The Morgan fingerprint density at radius 2 is 1.86 bits per heavy atom. The summed E-state index contributed by atoms with van der Waals surface area (Å²) in [5, 5.41) is 20.2. The summed E-state index contributed by atoms with van der Waals surface area (Å²) in [5.41, 5.74) is 4.46. The number of allylic oxidation sites excluding steroid dienone is 5. The van der Waals surface area contributed by atoms with Crippen LogP contribution in [0.4, 0.5) is 0 Å². The van der Waals surface area contributed by atoms with Crippen LogP contribution in [-0.2, 0) is 0 Å². The van der Waals surface area contributed by atoms with Crippen LogP contribution >= 0.6 is 0 Å². The van der Waals surface area contributed by atoms with E-state index in [1.165, 1.54) is 56.1 Å². The fraction of sp³-hybridized carbons (Fsp3) is 0.704. The van der Waals surface area contributed by atoms with Gasteiger partial charge in [-0.05, 0) is 98.9 Å². The molecule has 4 aliphatic rings. The van der Waals surface area contributed by atoms with Gasteiger partial charge in [-0.2, -0.15) is 0 Å². The van der Waals surface area contributed by atoms with E-state index >= 15 is 0 Å². The summed E-state index contributed by atoms with van der Waals surface area (Å²) in [5.74, 6) is 2.45. The van der Waals surface area contributed by atoms with Crippen LogP contribution < -0.4 is 0 Å². The molecule has 0 heterocycles. The summed E-state index contributed by atoms with van der Waals surface area (Å²) in [4.78, 5) is 0. The Balaban J connectivity index is 1.47. The molecule has 4 fully saturated rings. The zero-order valence-electron chi connectivity index (χ0n) is 18.4. The van der Waals surface area contributed by atoms with Crippen LogP contribution in [0.5, 0.6) is 0 Å². The lowest BCUT2D eigenvalue weighted by molar-refractivity contribution is 0.111. The molecule has 2 N–H and O–H groups in total. The average molecular weight is 397 g/mol. The molecule has 0 saturated heterocycles. The fourth-order valence-electron chi connectivity index (χ4n) is 6.56. The van der Waals surface area contributed by atoms with Gasteiger partial charge in [0.05, 0.1) is 12.2 Å². The zero-order chi connectivity index (χ0) is 20.6. The SMILES string of the molecule is C=C1CC[C@H](O)CC1=CC=C1CCC[C@]2(C)C(C(C)C=C[C@@H](O)C3CC3)CC[C@@H]12. The molecule has 0 aromatic carbocycles. The molecule has 0 radical (unpaired) electrons. The normalized spacial score (nSPS) is 40.6. The van der Waals surface area contributed by atoms with E-state index in [1.54, 1.807) is 5.57 Å². The van der Waals surface area contributed by atoms with E-state index in [9.17, 15) is 10.2 Å². The smallest absolute Gasteiger partial charge is 0.0749 e. The molecule has 2 heteroatoms. The molecule has 4 saturated carbocycles. The second kappa shape index (κ2) is 8.55. The molecule has 4 aliphatic carbocycles. The molecule has 4 rings (SSSR count). The topological polar surface area (TPSA) is 40.5 Å². The average Bonchev–Trinajstić information content (AvgIpc) is 3.48. The van der Waals surface area contributed by atoms with Crippen LogP contribution in [0.3, 0.4) is 0 Å². The lowest BCUT2D eigenvalue weighted by Crippen LogP contribution is -2.35. The summed E-state index contributed by atoms with van der Waals surface area (Å²) < 4.78 is 0. The summed E-state index contributed by atoms with van der Waals surface area (Å²) in [6, 6.07) is 0. The summed E-state index contributed by atoms with van der Waals surface area (Å²) >= 11 is 0. The van der Waals surface area contributed by atoms with Crippen molar-refractivity contribution in [3.8, 4) is 0 Å². The molecule has 0 aliphatic heterocycles. The van der Waals surface area contributed by atoms with Gasteiger partial charge in [-0.25, -0.2) is 0 Å². The first-order valence-electron chi connectivity index (χ1n) is 12.0. The Kier molecular flexibility index (Phi) is 6.23. The van der Waals surface area contributed by atoms with Gasteiger partial charge in [-0.3, -0.25) is 0 Å². The van der Waals surface area contributed by atoms with E-state index in [1.807, 2.05) is 0 Å². The molecular formula is C27H40O2. The van der Waals surface area contributed by atoms with Gasteiger partial charge >= 0.3 is 0 Å². The van der Waals surface area contributed by atoms with E-state index in [0.717, 1.165) is 19.3 Å². The first-order valence-corrected chi connectivity index (χ1v) is 12.0. The molecule has 0 aromatic rings. The van der Waals surface area contributed by atoms with Crippen molar-refractivity contribution in [2.75, 3.05) is 0 Å². The second-order valence-corrected chi connectivity index (χ2v) is 10.6. The molecule has 0 amide bonds. The predicted molar refractivity (Wildman–Crippen MR) is 120 cm³/mol. The number of hydrogen-bond donors (Lipinski definition) is 2. The highest BCUT2D eigenvalue weighted by Gasteiger charge is 2.50. The lowest BCUT2D eigenvalue weighted by Gasteiger charge is -2.44. The van der Waals surface area contributed by atoms with Crippen LogP contribution in [0, 0.1) is 29.1 Å². The van der Waals surface area contributed by atoms with Crippen LogP contribution in [0.1, 0.15) is 78.1 Å². The van der Waals surface area contributed by atoms with Crippen LogP contribution in [0.15, 0.2) is 47.6 Å². The molecule has 0 bridgehead atoms. The number of fused-ring (bicyclic) bond motifs is 1. The lowest BCUT2D eigenvalue weighted by atomic mass is 9.61. The highest BCUT2D eigenvalue weighted by atomic mass is 16.3. The number of hydrogen-bond acceptors (Lipinski definition) is 2. The van der Waals surface area contributed by atoms with Gasteiger partial charge in [-0.1, -0.05) is 55.9 Å². The maximum absolute atomic E-state index is 10.2. The van der Waals surface area contributed by atoms with E-state index in [0.29, 0.717) is 29.1 Å². The Bertz CT molecular complexity index is 710. The van der Waals surface area contributed by atoms with Gasteiger partial charge in [0.1, 0.15) is 0 Å². The van der Waals surface area contributed by atoms with Gasteiger partial charge in [0, 0.05) is 0 Å². The van der Waals surface area contributed by atoms with E-state index in [-0.39, 0.29) is 12.2 Å². The van der Waals surface area contributed by atoms with Crippen LogP contribution in [0.25, 0.3) is 0 Å². The molecule has 0 aromatic heterocycles. The molecular weight excluding hydrogens is 356 g/mol. The van der Waals surface area contributed by atoms with Crippen molar-refractivity contribution in [2.24, 2.45) is 29.1 Å². The maximum Gasteiger partial charge on any atom is 0.0749 e. The molecule has 2 unspecified atom stereocenters. The molecule has 6 atom stereocenters. The van der Waals surface area contributed by atoms with Crippen LogP contribution in [-0.4, -0.2) is 22.4 Å². The maximum atomic E-state index is 10.2. The minimum atomic E-state index is -0.227. The molecule has 2 nitrogen and oxygen atoms in total. The van der Waals surface area contributed by atoms with Gasteiger partial charge in [0.25, 0.3) is 0 Å². The third kappa shape index (κ3) is 4.49. The standard InChI is InChI=1S/C27H40O2/c1-18-6-12-23(28)17-22(18)11-8-20-5-4-16-27(3)24(13-14-25(20)27)19(2)7-15-26(29)21-9-10-21/h7-8,11,15,19,21,23-26,28-29H,1,4-6,9-10,12-14,16-17H2,2-3H3/t19?,23-,24?,25-,26+,27+/m0/s1. The highest BCUT2D eigenvalue weighted by molar-refractivity contribution is 5.36. The third-order valence-corrected chi connectivity index (χ3v) is 8.58. The van der Waals surface area contributed by atoms with Crippen molar-refractivity contribution >= 4 is 0 Å². The highest BCUT2D eigenvalue weighted by Crippen LogP contribution is 2.59. The fourth-order valence-corrected chi connectivity index (χ4v) is 6.56. The van der Waals surface area contributed by atoms with Crippen molar-refractivity contribution in [3.63, 3.8) is 0 Å². The summed E-state index contributed by atoms with van der Waals surface area (Å²) in [7, 11) is 0. The first kappa shape index (κ1) is 21.1. The van der Waals surface area contributed by atoms with Gasteiger partial charge in [0.2, 0.25) is 0 Å². The van der Waals surface area contributed by atoms with E-state index < -0.39 is 0 Å². The first-order chi connectivity index (χ1) is 13.9. The van der Waals surface area contributed by atoms with E-state index in [4.69, 9.17) is 0 Å². The Labute approximate surface area is 177 Å². The Morgan fingerprint density at radius 1 is 1.07 bits per heavy atom. The van der Waals surface area contributed by atoms with Crippen molar-refractivity contribution in [1.29, 1.82) is 0 Å². The largest absolute Gasteiger partial charge is 0.393 e. The molecule has 0 spiro atoms. The monoisotopic (exact) mass is 396 g/mol. The second-order valence-electron chi connectivity index (χ2n) is 10.6. The predicted octanol–water partition coefficient (Wildman–Crippen LogP) is 6.12. The van der Waals surface area contributed by atoms with Crippen molar-refractivity contribution < 1.29 is 10.2 Å². The van der Waals surface area contributed by atoms with Crippen molar-refractivity contribution in [1.82, 2.24) is 0 Å².